The molecule has 5 heteroatoms. The van der Waals surface area contributed by atoms with E-state index in [1.165, 1.54) is 19.2 Å². The summed E-state index contributed by atoms with van der Waals surface area (Å²) in [4.78, 5) is 12.0. The van der Waals surface area contributed by atoms with Gasteiger partial charge in [-0.3, -0.25) is 4.79 Å². The van der Waals surface area contributed by atoms with E-state index in [0.29, 0.717) is 0 Å². The van der Waals surface area contributed by atoms with Crippen LogP contribution in [0.2, 0.25) is 0 Å². The zero-order chi connectivity index (χ0) is 14.0. The fourth-order valence-electron chi connectivity index (χ4n) is 1.60. The molecule has 0 saturated carbocycles. The maximum absolute atomic E-state index is 13.7. The summed E-state index contributed by atoms with van der Waals surface area (Å²) in [6.45, 7) is 0. The molecule has 0 aliphatic rings. The number of halogens is 3. The van der Waals surface area contributed by atoms with Gasteiger partial charge in [0.25, 0.3) is 0 Å². The summed E-state index contributed by atoms with van der Waals surface area (Å²) < 4.78 is 44.3. The van der Waals surface area contributed by atoms with Gasteiger partial charge in [-0.2, -0.15) is 0 Å². The summed E-state index contributed by atoms with van der Waals surface area (Å²) in [7, 11) is 1.37. The molecule has 0 radical (unpaired) electrons. The van der Waals surface area contributed by atoms with Crippen LogP contribution in [0.5, 0.6) is 5.75 Å². The Kier molecular flexibility index (Phi) is 3.55. The highest BCUT2D eigenvalue weighted by Gasteiger charge is 2.16. The van der Waals surface area contributed by atoms with Crippen LogP contribution >= 0.6 is 0 Å². The van der Waals surface area contributed by atoms with Crippen molar-refractivity contribution in [1.82, 2.24) is 0 Å². The quantitative estimate of drug-likeness (QED) is 0.796. The van der Waals surface area contributed by atoms with Crippen LogP contribution < -0.4 is 4.74 Å². The number of ketones is 1. The van der Waals surface area contributed by atoms with Crippen LogP contribution in [0, 0.1) is 17.5 Å². The molecule has 2 rings (SSSR count). The number of ether oxygens (including phenoxy) is 1. The number of hydrogen-bond donors (Lipinski definition) is 0. The lowest BCUT2D eigenvalue weighted by molar-refractivity contribution is 0.103. The Morgan fingerprint density at radius 3 is 2.26 bits per heavy atom. The van der Waals surface area contributed by atoms with Gasteiger partial charge in [-0.15, -0.1) is 0 Å². The number of carbonyl (C=O) groups is 1. The smallest absolute Gasteiger partial charge is 0.196 e. The molecule has 0 unspecified atom stereocenters. The number of rotatable bonds is 3. The average Bonchev–Trinajstić information content (AvgIpc) is 2.41. The van der Waals surface area contributed by atoms with Crippen molar-refractivity contribution in [3.8, 4) is 5.75 Å². The van der Waals surface area contributed by atoms with Crippen molar-refractivity contribution >= 4 is 5.78 Å². The van der Waals surface area contributed by atoms with Crippen LogP contribution in [-0.2, 0) is 0 Å². The van der Waals surface area contributed by atoms with E-state index in [2.05, 4.69) is 0 Å². The summed E-state index contributed by atoms with van der Waals surface area (Å²) in [6.07, 6.45) is 0. The third-order valence-corrected chi connectivity index (χ3v) is 2.60. The van der Waals surface area contributed by atoms with E-state index in [9.17, 15) is 18.0 Å². The SMILES string of the molecule is COc1ccc(C(=O)c2ccc(F)c(F)c2)c(F)c1. The third kappa shape index (κ3) is 2.59. The zero-order valence-electron chi connectivity index (χ0n) is 9.91. The first kappa shape index (κ1) is 13.1. The van der Waals surface area contributed by atoms with Crippen molar-refractivity contribution in [3.63, 3.8) is 0 Å². The molecule has 0 bridgehead atoms. The van der Waals surface area contributed by atoms with Crippen molar-refractivity contribution in [3.05, 3.63) is 65.0 Å². The molecule has 0 spiro atoms. The van der Waals surface area contributed by atoms with Crippen molar-refractivity contribution < 1.29 is 22.7 Å². The summed E-state index contributed by atoms with van der Waals surface area (Å²) in [5, 5.41) is 0. The van der Waals surface area contributed by atoms with Gasteiger partial charge < -0.3 is 4.74 Å². The van der Waals surface area contributed by atoms with Crippen molar-refractivity contribution in [1.29, 1.82) is 0 Å². The maximum atomic E-state index is 13.7. The van der Waals surface area contributed by atoms with Gasteiger partial charge >= 0.3 is 0 Å². The molecule has 0 amide bonds. The maximum Gasteiger partial charge on any atom is 0.196 e. The topological polar surface area (TPSA) is 26.3 Å². The highest BCUT2D eigenvalue weighted by Crippen LogP contribution is 2.20. The first-order valence-electron chi connectivity index (χ1n) is 5.36. The molecule has 98 valence electrons. The van der Waals surface area contributed by atoms with Crippen LogP contribution in [-0.4, -0.2) is 12.9 Å². The normalized spacial score (nSPS) is 10.3. The molecule has 0 N–H and O–H groups in total. The fraction of sp³-hybridized carbons (Fsp3) is 0.0714. The molecule has 2 aromatic rings. The molecular formula is C14H9F3O2. The van der Waals surface area contributed by atoms with E-state index >= 15 is 0 Å². The summed E-state index contributed by atoms with van der Waals surface area (Å²) >= 11 is 0. The molecule has 0 aliphatic carbocycles. The van der Waals surface area contributed by atoms with E-state index in [0.717, 1.165) is 24.3 Å². The summed E-state index contributed by atoms with van der Waals surface area (Å²) in [6, 6.07) is 6.36. The van der Waals surface area contributed by atoms with Gasteiger partial charge in [0.2, 0.25) is 0 Å². The minimum Gasteiger partial charge on any atom is -0.497 e. The average molecular weight is 266 g/mol. The Labute approximate surface area is 107 Å². The number of benzene rings is 2. The van der Waals surface area contributed by atoms with Gasteiger partial charge in [-0.1, -0.05) is 0 Å². The molecule has 0 fully saturated rings. The highest BCUT2D eigenvalue weighted by atomic mass is 19.2. The molecule has 0 saturated heterocycles. The Bertz CT molecular complexity index is 639. The van der Waals surface area contributed by atoms with Gasteiger partial charge in [0, 0.05) is 11.6 Å². The third-order valence-electron chi connectivity index (χ3n) is 2.60. The van der Waals surface area contributed by atoms with Crippen LogP contribution in [0.3, 0.4) is 0 Å². The lowest BCUT2D eigenvalue weighted by atomic mass is 10.0. The molecule has 19 heavy (non-hydrogen) atoms. The van der Waals surface area contributed by atoms with Crippen LogP contribution in [0.1, 0.15) is 15.9 Å². The first-order valence-corrected chi connectivity index (χ1v) is 5.36. The minimum absolute atomic E-state index is 0.122. The largest absolute Gasteiger partial charge is 0.497 e. The minimum atomic E-state index is -1.15. The number of carbonyl (C=O) groups excluding carboxylic acids is 1. The summed E-state index contributed by atoms with van der Waals surface area (Å²) in [5.74, 6) is -3.46. The second-order valence-corrected chi connectivity index (χ2v) is 3.80. The Morgan fingerprint density at radius 1 is 0.947 bits per heavy atom. The predicted molar refractivity (Wildman–Crippen MR) is 62.7 cm³/mol. The van der Waals surface area contributed by atoms with Crippen molar-refractivity contribution in [2.45, 2.75) is 0 Å². The van der Waals surface area contributed by atoms with E-state index in [1.807, 2.05) is 0 Å². The van der Waals surface area contributed by atoms with Gasteiger partial charge in [-0.25, -0.2) is 13.2 Å². The van der Waals surface area contributed by atoms with Crippen molar-refractivity contribution in [2.24, 2.45) is 0 Å². The van der Waals surface area contributed by atoms with Gasteiger partial charge in [0.1, 0.15) is 11.6 Å². The fourth-order valence-corrected chi connectivity index (χ4v) is 1.60. The van der Waals surface area contributed by atoms with Gasteiger partial charge in [0.05, 0.1) is 12.7 Å². The second kappa shape index (κ2) is 5.14. The zero-order valence-corrected chi connectivity index (χ0v) is 9.91. The van der Waals surface area contributed by atoms with E-state index < -0.39 is 23.2 Å². The number of hydrogen-bond acceptors (Lipinski definition) is 2. The standard InChI is InChI=1S/C14H9F3O2/c1-19-9-3-4-10(12(16)7-9)14(18)8-2-5-11(15)13(17)6-8/h2-7H,1H3. The molecule has 0 aromatic heterocycles. The lowest BCUT2D eigenvalue weighted by Crippen LogP contribution is -2.05. The highest BCUT2D eigenvalue weighted by molar-refractivity contribution is 6.09. The predicted octanol–water partition coefficient (Wildman–Crippen LogP) is 3.34. The Morgan fingerprint density at radius 2 is 1.68 bits per heavy atom. The van der Waals surface area contributed by atoms with Crippen LogP contribution in [0.4, 0.5) is 13.2 Å². The second-order valence-electron chi connectivity index (χ2n) is 3.80. The van der Waals surface area contributed by atoms with E-state index in [-0.39, 0.29) is 16.9 Å². The van der Waals surface area contributed by atoms with Crippen LogP contribution in [0.25, 0.3) is 0 Å². The Hall–Kier alpha value is -2.30. The van der Waals surface area contributed by atoms with Gasteiger partial charge in [-0.05, 0) is 30.3 Å². The monoisotopic (exact) mass is 266 g/mol. The first-order chi connectivity index (χ1) is 9.02. The molecule has 2 nitrogen and oxygen atoms in total. The molecule has 0 aliphatic heterocycles. The van der Waals surface area contributed by atoms with E-state index in [1.54, 1.807) is 0 Å². The molecular weight excluding hydrogens is 257 g/mol. The number of methoxy groups -OCH3 is 1. The Balaban J connectivity index is 2.41. The van der Waals surface area contributed by atoms with Gasteiger partial charge in [0.15, 0.2) is 17.4 Å². The summed E-state index contributed by atoms with van der Waals surface area (Å²) in [5.41, 5.74) is -0.352. The molecule has 2 aromatic carbocycles. The van der Waals surface area contributed by atoms with E-state index in [4.69, 9.17) is 4.74 Å². The van der Waals surface area contributed by atoms with Crippen LogP contribution in [0.15, 0.2) is 36.4 Å². The van der Waals surface area contributed by atoms with Crippen molar-refractivity contribution in [2.75, 3.05) is 7.11 Å². The lowest BCUT2D eigenvalue weighted by Gasteiger charge is -2.05. The molecule has 0 atom stereocenters. The molecule has 0 heterocycles.